The Bertz CT molecular complexity index is 1090. The zero-order valence-electron chi connectivity index (χ0n) is 13.2. The average Bonchev–Trinajstić information content (AvgIpc) is 3.04. The molecule has 0 bridgehead atoms. The van der Waals surface area contributed by atoms with Crippen molar-refractivity contribution in [2.45, 2.75) is 6.10 Å². The number of hydrogen-bond donors (Lipinski definition) is 0. The van der Waals surface area contributed by atoms with Gasteiger partial charge in [-0.1, -0.05) is 47.1 Å². The normalized spacial score (nSPS) is 19.2. The lowest BCUT2D eigenvalue weighted by Gasteiger charge is -2.16. The van der Waals surface area contributed by atoms with E-state index in [4.69, 9.17) is 20.9 Å². The first-order valence-corrected chi connectivity index (χ1v) is 8.93. The molecule has 3 aromatic rings. The zero-order chi connectivity index (χ0) is 18.3. The molecule has 4 rings (SSSR count). The molecule has 0 fully saturated rings. The van der Waals surface area contributed by atoms with Gasteiger partial charge < -0.3 is 9.25 Å². The number of nitrogens with zero attached hydrogens (tertiary/aromatic N) is 1. The summed E-state index contributed by atoms with van der Waals surface area (Å²) >= 11 is 9.27. The molecule has 2 atom stereocenters. The Morgan fingerprint density at radius 3 is 2.69 bits per heavy atom. The van der Waals surface area contributed by atoms with Crippen molar-refractivity contribution in [1.82, 2.24) is 0 Å². The summed E-state index contributed by atoms with van der Waals surface area (Å²) in [7, 11) is 0. The van der Waals surface area contributed by atoms with E-state index >= 15 is 0 Å². The van der Waals surface area contributed by atoms with E-state index < -0.39 is 12.0 Å². The Hall–Kier alpha value is -2.44. The van der Waals surface area contributed by atoms with Crippen molar-refractivity contribution in [3.05, 3.63) is 81.2 Å². The highest BCUT2D eigenvalue weighted by Gasteiger charge is 2.42. The van der Waals surface area contributed by atoms with Gasteiger partial charge in [0.1, 0.15) is 22.4 Å². The molecule has 1 aliphatic rings. The standard InChI is InChI=1S/C19H11BrClNO4/c20-19-15(16(23)10-4-2-1-3-5-10)18(26-22-19)13-9-25-14-7-6-11(21)8-12(14)17(13)24/h1-9,15,18H/t15-,18-/m1/s1. The molecule has 5 nitrogen and oxygen atoms in total. The Morgan fingerprint density at radius 1 is 1.15 bits per heavy atom. The van der Waals surface area contributed by atoms with Crippen molar-refractivity contribution in [3.63, 3.8) is 0 Å². The van der Waals surface area contributed by atoms with E-state index in [9.17, 15) is 9.59 Å². The molecule has 1 aromatic heterocycles. The lowest BCUT2D eigenvalue weighted by Crippen LogP contribution is -2.27. The van der Waals surface area contributed by atoms with Gasteiger partial charge in [-0.2, -0.15) is 0 Å². The molecule has 2 aromatic carbocycles. The predicted octanol–water partition coefficient (Wildman–Crippen LogP) is 4.73. The highest BCUT2D eigenvalue weighted by molar-refractivity contribution is 9.18. The van der Waals surface area contributed by atoms with E-state index in [1.54, 1.807) is 36.4 Å². The van der Waals surface area contributed by atoms with Gasteiger partial charge in [0, 0.05) is 10.6 Å². The Kier molecular flexibility index (Phi) is 4.38. The van der Waals surface area contributed by atoms with Gasteiger partial charge in [0.2, 0.25) is 0 Å². The summed E-state index contributed by atoms with van der Waals surface area (Å²) in [6, 6.07) is 13.6. The molecule has 0 radical (unpaired) electrons. The Labute approximate surface area is 161 Å². The van der Waals surface area contributed by atoms with Crippen molar-refractivity contribution < 1.29 is 14.0 Å². The minimum absolute atomic E-state index is 0.200. The maximum absolute atomic E-state index is 12.9. The third kappa shape index (κ3) is 2.85. The number of hydrogen-bond acceptors (Lipinski definition) is 5. The molecule has 0 aliphatic carbocycles. The number of oxime groups is 1. The van der Waals surface area contributed by atoms with Crippen molar-refractivity contribution in [2.75, 3.05) is 0 Å². The summed E-state index contributed by atoms with van der Waals surface area (Å²) in [4.78, 5) is 31.2. The number of fused-ring (bicyclic) bond motifs is 1. The summed E-state index contributed by atoms with van der Waals surface area (Å²) in [6.07, 6.45) is 0.437. The topological polar surface area (TPSA) is 68.9 Å². The zero-order valence-corrected chi connectivity index (χ0v) is 15.5. The quantitative estimate of drug-likeness (QED) is 0.561. The van der Waals surface area contributed by atoms with Crippen LogP contribution in [0.1, 0.15) is 22.0 Å². The van der Waals surface area contributed by atoms with Crippen LogP contribution in [0.25, 0.3) is 11.0 Å². The van der Waals surface area contributed by atoms with E-state index in [-0.39, 0.29) is 16.8 Å². The third-order valence-corrected chi connectivity index (χ3v) is 5.09. The molecule has 130 valence electrons. The van der Waals surface area contributed by atoms with Crippen molar-refractivity contribution in [1.29, 1.82) is 0 Å². The molecule has 0 unspecified atom stereocenters. The van der Waals surface area contributed by atoms with E-state index in [1.165, 1.54) is 12.3 Å². The first kappa shape index (κ1) is 17.0. The van der Waals surface area contributed by atoms with Crippen LogP contribution in [-0.2, 0) is 4.84 Å². The smallest absolute Gasteiger partial charge is 0.199 e. The fourth-order valence-electron chi connectivity index (χ4n) is 2.93. The van der Waals surface area contributed by atoms with Crippen LogP contribution in [0.2, 0.25) is 5.02 Å². The number of ketones is 1. The molecule has 0 N–H and O–H groups in total. The van der Waals surface area contributed by atoms with Gasteiger partial charge >= 0.3 is 0 Å². The molecule has 1 aliphatic heterocycles. The highest BCUT2D eigenvalue weighted by Crippen LogP contribution is 2.36. The molecule has 0 saturated carbocycles. The lowest BCUT2D eigenvalue weighted by molar-refractivity contribution is 0.0521. The maximum atomic E-state index is 12.9. The molecule has 7 heteroatoms. The minimum atomic E-state index is -0.878. The first-order chi connectivity index (χ1) is 12.6. The van der Waals surface area contributed by atoms with Crippen LogP contribution in [0.5, 0.6) is 0 Å². The first-order valence-electron chi connectivity index (χ1n) is 7.75. The van der Waals surface area contributed by atoms with Crippen LogP contribution in [0.3, 0.4) is 0 Å². The van der Waals surface area contributed by atoms with E-state index in [0.29, 0.717) is 26.2 Å². The second kappa shape index (κ2) is 6.70. The molecule has 0 spiro atoms. The SMILES string of the molecule is O=C(c1ccccc1)[C@H]1C(Br)=NO[C@@H]1c1coc2ccc(Cl)cc2c1=O. The lowest BCUT2D eigenvalue weighted by atomic mass is 9.90. The van der Waals surface area contributed by atoms with Crippen LogP contribution in [0.15, 0.2) is 69.2 Å². The molecule has 0 amide bonds. The van der Waals surface area contributed by atoms with Crippen LogP contribution >= 0.6 is 27.5 Å². The molecular formula is C19H11BrClNO4. The second-order valence-corrected chi connectivity index (χ2v) is 7.06. The molecule has 2 heterocycles. The molecule has 26 heavy (non-hydrogen) atoms. The number of halogens is 2. The van der Waals surface area contributed by atoms with E-state index in [2.05, 4.69) is 21.1 Å². The van der Waals surface area contributed by atoms with Crippen molar-refractivity contribution >= 4 is 48.9 Å². The number of benzene rings is 2. The van der Waals surface area contributed by atoms with Crippen molar-refractivity contribution in [2.24, 2.45) is 11.1 Å². The van der Waals surface area contributed by atoms with Crippen LogP contribution in [0, 0.1) is 5.92 Å². The average molecular weight is 433 g/mol. The summed E-state index contributed by atoms with van der Waals surface area (Å²) in [5, 5.41) is 4.61. The highest BCUT2D eigenvalue weighted by atomic mass is 79.9. The van der Waals surface area contributed by atoms with Crippen LogP contribution in [0.4, 0.5) is 0 Å². The van der Waals surface area contributed by atoms with Gasteiger partial charge in [-0.15, -0.1) is 0 Å². The van der Waals surface area contributed by atoms with E-state index in [0.717, 1.165) is 0 Å². The Morgan fingerprint density at radius 2 is 1.92 bits per heavy atom. The number of carbonyl (C=O) groups is 1. The van der Waals surface area contributed by atoms with Crippen LogP contribution < -0.4 is 5.43 Å². The molecule has 0 saturated heterocycles. The minimum Gasteiger partial charge on any atom is -0.464 e. The fraction of sp³-hybridized carbons (Fsp3) is 0.105. The monoisotopic (exact) mass is 431 g/mol. The van der Waals surface area contributed by atoms with Gasteiger partial charge in [0.25, 0.3) is 0 Å². The maximum Gasteiger partial charge on any atom is 0.199 e. The van der Waals surface area contributed by atoms with Gasteiger partial charge in [0.15, 0.2) is 17.3 Å². The number of rotatable bonds is 3. The second-order valence-electron chi connectivity index (χ2n) is 5.81. The Balaban J connectivity index is 1.80. The predicted molar refractivity (Wildman–Crippen MR) is 102 cm³/mol. The third-order valence-electron chi connectivity index (χ3n) is 4.22. The van der Waals surface area contributed by atoms with E-state index in [1.807, 2.05) is 6.07 Å². The summed E-state index contributed by atoms with van der Waals surface area (Å²) in [5.74, 6) is -0.966. The fourth-order valence-corrected chi connectivity index (χ4v) is 3.63. The molecular weight excluding hydrogens is 422 g/mol. The van der Waals surface area contributed by atoms with Crippen LogP contribution in [-0.4, -0.2) is 10.4 Å². The van der Waals surface area contributed by atoms with Gasteiger partial charge in [-0.05, 0) is 34.1 Å². The summed E-state index contributed by atoms with van der Waals surface area (Å²) in [5.41, 5.74) is 0.828. The van der Waals surface area contributed by atoms with Gasteiger partial charge in [0.05, 0.1) is 10.9 Å². The number of carbonyl (C=O) groups excluding carboxylic acids is 1. The number of Topliss-reactive ketones (excluding diaryl/α,β-unsaturated/α-hetero) is 1. The largest absolute Gasteiger partial charge is 0.464 e. The summed E-state index contributed by atoms with van der Waals surface area (Å²) < 4.78 is 5.88. The van der Waals surface area contributed by atoms with Crippen molar-refractivity contribution in [3.8, 4) is 0 Å². The van der Waals surface area contributed by atoms with Gasteiger partial charge in [-0.25, -0.2) is 0 Å². The summed E-state index contributed by atoms with van der Waals surface area (Å²) in [6.45, 7) is 0. The van der Waals surface area contributed by atoms with Gasteiger partial charge in [-0.3, -0.25) is 9.59 Å².